The molecule has 4 N–H and O–H groups in total. The maximum atomic E-state index is 15.6. The minimum absolute atomic E-state index is 0.139. The molecule has 1 aliphatic heterocycles. The summed E-state index contributed by atoms with van der Waals surface area (Å²) in [6.07, 6.45) is 7.78. The number of carboxylic acid groups (broad SMARTS) is 1. The third-order valence-electron chi connectivity index (χ3n) is 9.12. The number of carbonyl (C=O) groups is 1. The number of hydrogen-bond donors (Lipinski definition) is 3. The quantitative estimate of drug-likeness (QED) is 0.303. The van der Waals surface area contributed by atoms with E-state index in [-0.39, 0.29) is 28.0 Å². The number of carboxylic acids is 1. The Balaban J connectivity index is 1.51. The van der Waals surface area contributed by atoms with E-state index in [4.69, 9.17) is 10.7 Å². The number of benzene rings is 1. The molecule has 0 unspecified atom stereocenters. The van der Waals surface area contributed by atoms with Crippen LogP contribution in [0.25, 0.3) is 33.3 Å². The average Bonchev–Trinajstić information content (AvgIpc) is 3.61. The number of nitrogens with one attached hydrogen (secondary N) is 1. The molecule has 1 saturated carbocycles. The molecule has 2 aliphatic carbocycles. The molecule has 0 bridgehead atoms. The first-order valence-electron chi connectivity index (χ1n) is 13.6. The van der Waals surface area contributed by atoms with Crippen LogP contribution in [0.4, 0.5) is 20.2 Å². The monoisotopic (exact) mass is 558 g/mol. The highest BCUT2D eigenvalue weighted by Gasteiger charge is 2.48. The lowest BCUT2D eigenvalue weighted by Crippen LogP contribution is -2.44. The molecule has 0 radical (unpaired) electrons. The minimum Gasteiger partial charge on any atom is -0.477 e. The number of anilines is 2. The maximum Gasteiger partial charge on any atom is 0.341 e. The van der Waals surface area contributed by atoms with Crippen molar-refractivity contribution in [3.05, 3.63) is 69.4 Å². The molecular weight excluding hydrogens is 530 g/mol. The Morgan fingerprint density at radius 3 is 2.76 bits per heavy atom. The molecule has 1 saturated heterocycles. The van der Waals surface area contributed by atoms with Gasteiger partial charge in [-0.05, 0) is 30.4 Å². The van der Waals surface area contributed by atoms with E-state index in [1.165, 1.54) is 16.8 Å². The van der Waals surface area contributed by atoms with Gasteiger partial charge in [0.15, 0.2) is 11.6 Å². The van der Waals surface area contributed by atoms with Crippen molar-refractivity contribution in [1.82, 2.24) is 14.5 Å². The average molecular weight is 559 g/mol. The largest absolute Gasteiger partial charge is 0.477 e. The third kappa shape index (κ3) is 3.61. The van der Waals surface area contributed by atoms with Crippen LogP contribution in [-0.4, -0.2) is 51.3 Å². The molecule has 2 atom stereocenters. The molecule has 1 aromatic carbocycles. The van der Waals surface area contributed by atoms with Crippen LogP contribution in [-0.2, 0) is 13.5 Å². The summed E-state index contributed by atoms with van der Waals surface area (Å²) >= 11 is 0. The Hall–Kier alpha value is -4.38. The number of nitrogens with two attached hydrogens (primary N) is 1. The summed E-state index contributed by atoms with van der Waals surface area (Å²) in [5.41, 5.74) is 10.0. The Morgan fingerprint density at radius 1 is 1.22 bits per heavy atom. The summed E-state index contributed by atoms with van der Waals surface area (Å²) in [6.45, 7) is 1.19. The van der Waals surface area contributed by atoms with E-state index in [9.17, 15) is 19.1 Å². The van der Waals surface area contributed by atoms with Gasteiger partial charge in [-0.15, -0.1) is 0 Å². The lowest BCUT2D eigenvalue weighted by atomic mass is 9.92. The van der Waals surface area contributed by atoms with Crippen molar-refractivity contribution in [1.29, 1.82) is 0 Å². The zero-order valence-electron chi connectivity index (χ0n) is 22.6. The Labute approximate surface area is 233 Å². The van der Waals surface area contributed by atoms with E-state index in [2.05, 4.69) is 15.2 Å². The molecule has 3 aromatic heterocycles. The van der Waals surface area contributed by atoms with Crippen molar-refractivity contribution in [2.24, 2.45) is 18.7 Å². The molecule has 7 rings (SSSR count). The summed E-state index contributed by atoms with van der Waals surface area (Å²) in [4.78, 5) is 36.3. The first-order chi connectivity index (χ1) is 19.6. The van der Waals surface area contributed by atoms with Crippen LogP contribution in [0.3, 0.4) is 0 Å². The Bertz CT molecular complexity index is 1870. The van der Waals surface area contributed by atoms with Gasteiger partial charge < -0.3 is 25.6 Å². The molecule has 0 spiro atoms. The van der Waals surface area contributed by atoms with Crippen molar-refractivity contribution in [3.8, 4) is 22.3 Å². The lowest BCUT2D eigenvalue weighted by Gasteiger charge is -2.28. The molecule has 11 heteroatoms. The highest BCUT2D eigenvalue weighted by Crippen LogP contribution is 2.52. The van der Waals surface area contributed by atoms with Crippen molar-refractivity contribution >= 4 is 28.4 Å². The van der Waals surface area contributed by atoms with Crippen LogP contribution in [0.5, 0.6) is 0 Å². The van der Waals surface area contributed by atoms with Gasteiger partial charge in [-0.25, -0.2) is 18.6 Å². The lowest BCUT2D eigenvalue weighted by molar-refractivity contribution is 0.0695. The predicted octanol–water partition coefficient (Wildman–Crippen LogP) is 3.90. The number of pyridine rings is 3. The maximum absolute atomic E-state index is 15.6. The second-order valence-corrected chi connectivity index (χ2v) is 11.4. The molecule has 4 heterocycles. The topological polar surface area (TPSA) is 126 Å². The highest BCUT2D eigenvalue weighted by molar-refractivity contribution is 5.98. The molecule has 9 nitrogen and oxygen atoms in total. The standard InChI is InChI=1S/C30H28F2N6O3/c1-34-21-8-20(31)25(32)23-16(21)7-22-24(23)26(38-11-15-4-3-5-30(15,33)13-38)18(10-35-22)14-6-17-27(39)19(29(40)41)12-37(2)28(17)36-9-14/h6,8-10,12,15,34H,3-5,7,11,13,33H2,1-2H3,(H,40,41)/t15-,30-/m1/s1. The van der Waals surface area contributed by atoms with Gasteiger partial charge in [0.25, 0.3) is 0 Å². The van der Waals surface area contributed by atoms with Crippen molar-refractivity contribution in [3.63, 3.8) is 0 Å². The molecular formula is C30H28F2N6O3. The van der Waals surface area contributed by atoms with Gasteiger partial charge in [0, 0.05) is 91.7 Å². The normalized spacial score (nSPS) is 20.8. The van der Waals surface area contributed by atoms with Crippen LogP contribution < -0.4 is 21.4 Å². The number of aromatic nitrogens is 3. The van der Waals surface area contributed by atoms with Gasteiger partial charge >= 0.3 is 5.97 Å². The van der Waals surface area contributed by atoms with Gasteiger partial charge in [0.1, 0.15) is 11.2 Å². The van der Waals surface area contributed by atoms with Crippen molar-refractivity contribution in [2.45, 2.75) is 31.2 Å². The van der Waals surface area contributed by atoms with Gasteiger partial charge in [0.05, 0.1) is 16.8 Å². The van der Waals surface area contributed by atoms with Crippen molar-refractivity contribution in [2.75, 3.05) is 30.4 Å². The fourth-order valence-corrected chi connectivity index (χ4v) is 7.14. The second kappa shape index (κ2) is 8.81. The second-order valence-electron chi connectivity index (χ2n) is 11.4. The van der Waals surface area contributed by atoms with Gasteiger partial charge in [0.2, 0.25) is 5.43 Å². The number of aryl methyl sites for hydroxylation is 1. The predicted molar refractivity (Wildman–Crippen MR) is 151 cm³/mol. The smallest absolute Gasteiger partial charge is 0.341 e. The van der Waals surface area contributed by atoms with Crippen LogP contribution in [0.2, 0.25) is 0 Å². The van der Waals surface area contributed by atoms with E-state index in [0.717, 1.165) is 19.3 Å². The summed E-state index contributed by atoms with van der Waals surface area (Å²) < 4.78 is 32.0. The fraction of sp³-hybridized carbons (Fsp3) is 0.333. The molecule has 2 fully saturated rings. The number of rotatable bonds is 4. The van der Waals surface area contributed by atoms with E-state index in [0.29, 0.717) is 64.5 Å². The minimum atomic E-state index is -1.33. The zero-order valence-corrected chi connectivity index (χ0v) is 22.6. The first kappa shape index (κ1) is 25.6. The van der Waals surface area contributed by atoms with Crippen LogP contribution in [0.15, 0.2) is 35.5 Å². The number of nitrogens with zero attached hydrogens (tertiary/aromatic N) is 4. The Kier molecular flexibility index (Phi) is 5.50. The van der Waals surface area contributed by atoms with E-state index in [1.54, 1.807) is 32.6 Å². The molecule has 41 heavy (non-hydrogen) atoms. The zero-order chi connectivity index (χ0) is 28.8. The van der Waals surface area contributed by atoms with E-state index in [1.807, 2.05) is 0 Å². The molecule has 4 aromatic rings. The number of hydrogen-bond acceptors (Lipinski definition) is 7. The summed E-state index contributed by atoms with van der Waals surface area (Å²) in [5.74, 6) is -2.96. The van der Waals surface area contributed by atoms with Gasteiger partial charge in [-0.2, -0.15) is 0 Å². The number of fused-ring (bicyclic) bond motifs is 5. The van der Waals surface area contributed by atoms with Gasteiger partial charge in [-0.3, -0.25) is 9.78 Å². The number of aromatic carboxylic acids is 1. The molecule has 3 aliphatic rings. The molecule has 210 valence electrons. The summed E-state index contributed by atoms with van der Waals surface area (Å²) in [7, 11) is 3.29. The first-order valence-corrected chi connectivity index (χ1v) is 13.6. The Morgan fingerprint density at radius 2 is 2.02 bits per heavy atom. The van der Waals surface area contributed by atoms with Crippen LogP contribution in [0, 0.1) is 17.6 Å². The van der Waals surface area contributed by atoms with E-state index >= 15 is 4.39 Å². The number of halogens is 2. The van der Waals surface area contributed by atoms with Crippen LogP contribution in [0.1, 0.15) is 40.9 Å². The third-order valence-corrected chi connectivity index (χ3v) is 9.12. The van der Waals surface area contributed by atoms with Crippen LogP contribution >= 0.6 is 0 Å². The van der Waals surface area contributed by atoms with Gasteiger partial charge in [-0.1, -0.05) is 6.42 Å². The fourth-order valence-electron chi connectivity index (χ4n) is 7.14. The van der Waals surface area contributed by atoms with Crippen molar-refractivity contribution < 1.29 is 18.7 Å². The molecule has 0 amide bonds. The van der Waals surface area contributed by atoms with E-state index < -0.39 is 23.0 Å². The SMILES string of the molecule is CNc1cc(F)c(F)c2c1Cc1ncc(-c3cnc4c(c3)c(=O)c(C(=O)O)cn4C)c(N3C[C@H]4CCC[C@@]4(N)C3)c1-2. The summed E-state index contributed by atoms with van der Waals surface area (Å²) in [5, 5.41) is 12.7. The highest BCUT2D eigenvalue weighted by atomic mass is 19.2. The summed E-state index contributed by atoms with van der Waals surface area (Å²) in [6, 6.07) is 2.77.